The Morgan fingerprint density at radius 2 is 2.27 bits per heavy atom. The van der Waals surface area contributed by atoms with E-state index in [4.69, 9.17) is 23.1 Å². The van der Waals surface area contributed by atoms with Crippen LogP contribution in [0.3, 0.4) is 0 Å². The summed E-state index contributed by atoms with van der Waals surface area (Å²) in [6.45, 7) is 0. The van der Waals surface area contributed by atoms with Crippen molar-refractivity contribution in [3.8, 4) is 0 Å². The number of nitrogens with zero attached hydrogens (tertiary/aromatic N) is 1. The summed E-state index contributed by atoms with van der Waals surface area (Å²) in [5, 5.41) is 0.176. The molecule has 58 valence electrons. The third-order valence-electron chi connectivity index (χ3n) is 1.15. The van der Waals surface area contributed by atoms with Gasteiger partial charge in [-0.3, -0.25) is 4.79 Å². The average molecular weight is 172 g/mol. The maximum absolute atomic E-state index is 10.5. The number of hydrogen-bond acceptors (Lipinski definition) is 3. The Morgan fingerprint density at radius 3 is 2.73 bits per heavy atom. The summed E-state index contributed by atoms with van der Waals surface area (Å²) in [6, 6.07) is 1.39. The Bertz CT molecular complexity index is 300. The monoisotopic (exact) mass is 171 g/mol. The molecule has 0 aliphatic heterocycles. The predicted octanol–water partition coefficient (Wildman–Crippen LogP) is 0.416. The lowest BCUT2D eigenvalue weighted by Gasteiger charge is -1.97. The van der Waals surface area contributed by atoms with Crippen LogP contribution in [0.25, 0.3) is 0 Å². The molecule has 0 aromatic carbocycles. The number of amides is 1. The van der Waals surface area contributed by atoms with Crippen LogP contribution >= 0.6 is 11.6 Å². The maximum Gasteiger partial charge on any atom is 0.250 e. The third kappa shape index (κ3) is 1.59. The molecule has 5 heteroatoms. The van der Waals surface area contributed by atoms with Gasteiger partial charge in [-0.1, -0.05) is 11.6 Å². The first-order valence-electron chi connectivity index (χ1n) is 2.82. The first-order chi connectivity index (χ1) is 5.11. The third-order valence-corrected chi connectivity index (χ3v) is 1.47. The lowest BCUT2D eigenvalue weighted by molar-refractivity contribution is 0.1000. The van der Waals surface area contributed by atoms with Crippen LogP contribution in [0.15, 0.2) is 12.3 Å². The van der Waals surface area contributed by atoms with E-state index in [-0.39, 0.29) is 16.4 Å². The second-order valence-corrected chi connectivity index (χ2v) is 2.33. The van der Waals surface area contributed by atoms with Crippen molar-refractivity contribution in [2.75, 3.05) is 5.73 Å². The molecule has 0 unspecified atom stereocenters. The molecule has 1 amide bonds. The minimum atomic E-state index is -0.569. The Hall–Kier alpha value is -1.29. The number of nitrogens with two attached hydrogens (primary N) is 2. The van der Waals surface area contributed by atoms with Gasteiger partial charge in [0.1, 0.15) is 0 Å². The maximum atomic E-state index is 10.5. The second-order valence-electron chi connectivity index (χ2n) is 1.97. The number of halogens is 1. The minimum absolute atomic E-state index is 0.176. The molecule has 1 aromatic heterocycles. The van der Waals surface area contributed by atoms with Gasteiger partial charge in [-0.2, -0.15) is 0 Å². The van der Waals surface area contributed by atoms with Gasteiger partial charge >= 0.3 is 0 Å². The number of carbonyl (C=O) groups is 1. The molecule has 0 saturated heterocycles. The van der Waals surface area contributed by atoms with Gasteiger partial charge in [-0.15, -0.1) is 0 Å². The van der Waals surface area contributed by atoms with Crippen LogP contribution in [0, 0.1) is 0 Å². The van der Waals surface area contributed by atoms with E-state index in [1.54, 1.807) is 0 Å². The Labute approximate surface area is 68.2 Å². The van der Waals surface area contributed by atoms with E-state index >= 15 is 0 Å². The van der Waals surface area contributed by atoms with E-state index < -0.39 is 5.91 Å². The van der Waals surface area contributed by atoms with Gasteiger partial charge in [0.15, 0.2) is 5.15 Å². The van der Waals surface area contributed by atoms with Crippen molar-refractivity contribution >= 4 is 23.2 Å². The fourth-order valence-electron chi connectivity index (χ4n) is 0.600. The van der Waals surface area contributed by atoms with Crippen LogP contribution in [-0.4, -0.2) is 10.9 Å². The molecule has 4 nitrogen and oxygen atoms in total. The van der Waals surface area contributed by atoms with Gasteiger partial charge in [0, 0.05) is 6.20 Å². The van der Waals surface area contributed by atoms with E-state index in [0.717, 1.165) is 0 Å². The molecule has 1 heterocycles. The number of anilines is 1. The van der Waals surface area contributed by atoms with Crippen molar-refractivity contribution in [1.82, 2.24) is 4.98 Å². The normalized spacial score (nSPS) is 9.55. The molecule has 0 fully saturated rings. The van der Waals surface area contributed by atoms with Gasteiger partial charge in [-0.05, 0) is 6.07 Å². The topological polar surface area (TPSA) is 82.0 Å². The quantitative estimate of drug-likeness (QED) is 0.601. The summed E-state index contributed by atoms with van der Waals surface area (Å²) in [7, 11) is 0. The van der Waals surface area contributed by atoms with E-state index in [1.807, 2.05) is 0 Å². The van der Waals surface area contributed by atoms with E-state index in [1.165, 1.54) is 12.3 Å². The minimum Gasteiger partial charge on any atom is -0.396 e. The van der Waals surface area contributed by atoms with Gasteiger partial charge in [0.2, 0.25) is 5.91 Å². The molecule has 1 aromatic rings. The SMILES string of the molecule is NC(=O)c1cnc(Cl)c(N)c1. The van der Waals surface area contributed by atoms with Crippen LogP contribution in [0.2, 0.25) is 5.15 Å². The number of nitrogen functional groups attached to an aromatic ring is 1. The smallest absolute Gasteiger partial charge is 0.250 e. The van der Waals surface area contributed by atoms with Crippen LogP contribution in [0.4, 0.5) is 5.69 Å². The zero-order chi connectivity index (χ0) is 8.43. The summed E-state index contributed by atoms with van der Waals surface area (Å²) < 4.78 is 0. The van der Waals surface area contributed by atoms with Gasteiger partial charge in [0.05, 0.1) is 11.3 Å². The molecular formula is C6H6ClN3O. The summed E-state index contributed by atoms with van der Waals surface area (Å²) in [5.41, 5.74) is 10.8. The fraction of sp³-hybridized carbons (Fsp3) is 0. The summed E-state index contributed by atoms with van der Waals surface area (Å²) in [5.74, 6) is -0.569. The highest BCUT2D eigenvalue weighted by atomic mass is 35.5. The number of pyridine rings is 1. The lowest BCUT2D eigenvalue weighted by atomic mass is 10.2. The zero-order valence-electron chi connectivity index (χ0n) is 5.54. The standard InChI is InChI=1S/C6H6ClN3O/c7-5-4(8)1-3(2-10-5)6(9)11/h1-2H,8H2,(H2,9,11). The van der Waals surface area contributed by atoms with Crippen LogP contribution < -0.4 is 11.5 Å². The Morgan fingerprint density at radius 1 is 1.64 bits per heavy atom. The zero-order valence-corrected chi connectivity index (χ0v) is 6.30. The first-order valence-corrected chi connectivity index (χ1v) is 3.20. The average Bonchev–Trinajstić information content (AvgIpc) is 1.94. The molecule has 0 aliphatic rings. The second kappa shape index (κ2) is 2.75. The fourth-order valence-corrected chi connectivity index (χ4v) is 0.703. The largest absolute Gasteiger partial charge is 0.396 e. The summed E-state index contributed by atoms with van der Waals surface area (Å²) in [6.07, 6.45) is 1.28. The molecule has 0 saturated carbocycles. The highest BCUT2D eigenvalue weighted by Gasteiger charge is 2.03. The van der Waals surface area contributed by atoms with Crippen molar-refractivity contribution < 1.29 is 4.79 Å². The van der Waals surface area contributed by atoms with E-state index in [0.29, 0.717) is 0 Å². The van der Waals surface area contributed by atoms with Crippen molar-refractivity contribution in [1.29, 1.82) is 0 Å². The summed E-state index contributed by atoms with van der Waals surface area (Å²) in [4.78, 5) is 14.2. The van der Waals surface area contributed by atoms with Gasteiger partial charge in [-0.25, -0.2) is 4.98 Å². The van der Waals surface area contributed by atoms with E-state index in [2.05, 4.69) is 4.98 Å². The van der Waals surface area contributed by atoms with Crippen LogP contribution in [0.1, 0.15) is 10.4 Å². The summed E-state index contributed by atoms with van der Waals surface area (Å²) >= 11 is 5.50. The Kier molecular flexibility index (Phi) is 1.96. The molecule has 0 radical (unpaired) electrons. The highest BCUT2D eigenvalue weighted by molar-refractivity contribution is 6.31. The van der Waals surface area contributed by atoms with Crippen molar-refractivity contribution in [3.05, 3.63) is 23.0 Å². The molecule has 11 heavy (non-hydrogen) atoms. The molecular weight excluding hydrogens is 166 g/mol. The predicted molar refractivity (Wildman–Crippen MR) is 42.2 cm³/mol. The number of rotatable bonds is 1. The molecule has 0 aliphatic carbocycles. The molecule has 0 bridgehead atoms. The molecule has 0 atom stereocenters. The van der Waals surface area contributed by atoms with Crippen molar-refractivity contribution in [2.24, 2.45) is 5.73 Å². The molecule has 1 rings (SSSR count). The van der Waals surface area contributed by atoms with Gasteiger partial charge < -0.3 is 11.5 Å². The van der Waals surface area contributed by atoms with Crippen LogP contribution in [0.5, 0.6) is 0 Å². The van der Waals surface area contributed by atoms with E-state index in [9.17, 15) is 4.79 Å². The van der Waals surface area contributed by atoms with Crippen molar-refractivity contribution in [2.45, 2.75) is 0 Å². The van der Waals surface area contributed by atoms with Crippen LogP contribution in [-0.2, 0) is 0 Å². The Balaban J connectivity index is 3.15. The first kappa shape index (κ1) is 7.81. The number of hydrogen-bond donors (Lipinski definition) is 2. The number of carbonyl (C=O) groups excluding carboxylic acids is 1. The molecule has 4 N–H and O–H groups in total. The lowest BCUT2D eigenvalue weighted by Crippen LogP contribution is -2.11. The highest BCUT2D eigenvalue weighted by Crippen LogP contribution is 2.15. The molecule has 0 spiro atoms. The van der Waals surface area contributed by atoms with Gasteiger partial charge in [0.25, 0.3) is 0 Å². The number of primary amides is 1. The number of aromatic nitrogens is 1. The van der Waals surface area contributed by atoms with Crippen molar-refractivity contribution in [3.63, 3.8) is 0 Å².